The van der Waals surface area contributed by atoms with Gasteiger partial charge in [0.1, 0.15) is 5.82 Å². The minimum absolute atomic E-state index is 0.754. The number of para-hydroxylation sites is 1. The van der Waals surface area contributed by atoms with Crippen molar-refractivity contribution in [1.29, 1.82) is 0 Å². The number of nitrogens with zero attached hydrogens (tertiary/aromatic N) is 2. The van der Waals surface area contributed by atoms with Gasteiger partial charge in [0.15, 0.2) is 0 Å². The highest BCUT2D eigenvalue weighted by Crippen LogP contribution is 2.21. The standard InChI is InChI=1S/C14H20N2/c1-10(2)8-9-12-6-5-7-13-14(12)16(4)11(3)15-13/h5-7,10H,8-9H2,1-4H3. The molecular formula is C14H20N2. The molecule has 1 heterocycles. The van der Waals surface area contributed by atoms with E-state index < -0.39 is 0 Å². The van der Waals surface area contributed by atoms with Crippen molar-refractivity contribution in [2.24, 2.45) is 13.0 Å². The predicted octanol–water partition coefficient (Wildman–Crippen LogP) is 3.47. The van der Waals surface area contributed by atoms with Gasteiger partial charge in [0.25, 0.3) is 0 Å². The molecule has 0 spiro atoms. The smallest absolute Gasteiger partial charge is 0.106 e. The highest BCUT2D eigenvalue weighted by Gasteiger charge is 2.08. The molecule has 0 aliphatic rings. The molecule has 0 atom stereocenters. The summed E-state index contributed by atoms with van der Waals surface area (Å²) in [6.45, 7) is 6.61. The molecule has 0 unspecified atom stereocenters. The summed E-state index contributed by atoms with van der Waals surface area (Å²) in [7, 11) is 2.10. The first-order valence-electron chi connectivity index (χ1n) is 6.00. The fourth-order valence-electron chi connectivity index (χ4n) is 2.11. The maximum Gasteiger partial charge on any atom is 0.106 e. The van der Waals surface area contributed by atoms with E-state index in [9.17, 15) is 0 Å². The molecule has 0 N–H and O–H groups in total. The second-order valence-electron chi connectivity index (χ2n) is 4.94. The summed E-state index contributed by atoms with van der Waals surface area (Å²) in [6, 6.07) is 6.44. The van der Waals surface area contributed by atoms with Gasteiger partial charge in [-0.25, -0.2) is 4.98 Å². The van der Waals surface area contributed by atoms with Gasteiger partial charge in [-0.1, -0.05) is 26.0 Å². The van der Waals surface area contributed by atoms with Crippen LogP contribution in [0, 0.1) is 12.8 Å². The van der Waals surface area contributed by atoms with Crippen LogP contribution in [0.2, 0.25) is 0 Å². The Balaban J connectivity index is 2.44. The zero-order valence-corrected chi connectivity index (χ0v) is 10.6. The molecule has 0 amide bonds. The van der Waals surface area contributed by atoms with E-state index in [1.807, 2.05) is 0 Å². The van der Waals surface area contributed by atoms with Crippen LogP contribution in [0.25, 0.3) is 11.0 Å². The highest BCUT2D eigenvalue weighted by molar-refractivity contribution is 5.79. The third kappa shape index (κ3) is 1.97. The van der Waals surface area contributed by atoms with Crippen LogP contribution in [0.15, 0.2) is 18.2 Å². The van der Waals surface area contributed by atoms with E-state index in [0.717, 1.165) is 23.7 Å². The van der Waals surface area contributed by atoms with Crippen molar-refractivity contribution in [3.63, 3.8) is 0 Å². The lowest BCUT2D eigenvalue weighted by Gasteiger charge is -2.07. The summed E-state index contributed by atoms with van der Waals surface area (Å²) in [6.07, 6.45) is 2.39. The molecule has 86 valence electrons. The Morgan fingerprint density at radius 1 is 1.31 bits per heavy atom. The zero-order chi connectivity index (χ0) is 11.7. The number of hydrogen-bond acceptors (Lipinski definition) is 1. The van der Waals surface area contributed by atoms with Crippen LogP contribution in [-0.4, -0.2) is 9.55 Å². The Bertz CT molecular complexity index is 495. The Morgan fingerprint density at radius 3 is 2.75 bits per heavy atom. The van der Waals surface area contributed by atoms with E-state index in [-0.39, 0.29) is 0 Å². The van der Waals surface area contributed by atoms with Crippen molar-refractivity contribution >= 4 is 11.0 Å². The third-order valence-electron chi connectivity index (χ3n) is 3.19. The Labute approximate surface area is 97.3 Å². The molecule has 2 rings (SSSR count). The summed E-state index contributed by atoms with van der Waals surface area (Å²) >= 11 is 0. The van der Waals surface area contributed by atoms with E-state index in [1.165, 1.54) is 17.5 Å². The van der Waals surface area contributed by atoms with Gasteiger partial charge >= 0.3 is 0 Å². The van der Waals surface area contributed by atoms with Gasteiger partial charge in [-0.3, -0.25) is 0 Å². The average molecular weight is 216 g/mol. The predicted molar refractivity (Wildman–Crippen MR) is 68.6 cm³/mol. The van der Waals surface area contributed by atoms with Crippen molar-refractivity contribution in [2.75, 3.05) is 0 Å². The van der Waals surface area contributed by atoms with Gasteiger partial charge in [0, 0.05) is 7.05 Å². The Hall–Kier alpha value is -1.31. The number of rotatable bonds is 3. The second kappa shape index (κ2) is 4.28. The van der Waals surface area contributed by atoms with Crippen LogP contribution < -0.4 is 0 Å². The lowest BCUT2D eigenvalue weighted by atomic mass is 10.0. The van der Waals surface area contributed by atoms with Crippen molar-refractivity contribution in [3.8, 4) is 0 Å². The highest BCUT2D eigenvalue weighted by atomic mass is 15.0. The number of fused-ring (bicyclic) bond motifs is 1. The molecule has 0 bridgehead atoms. The number of hydrogen-bond donors (Lipinski definition) is 0. The molecule has 0 radical (unpaired) electrons. The molecule has 1 aromatic carbocycles. The first-order chi connectivity index (χ1) is 7.59. The molecule has 0 fully saturated rings. The molecular weight excluding hydrogens is 196 g/mol. The molecule has 2 aromatic rings. The summed E-state index contributed by atoms with van der Waals surface area (Å²) in [5.74, 6) is 1.84. The summed E-state index contributed by atoms with van der Waals surface area (Å²) in [4.78, 5) is 4.56. The van der Waals surface area contributed by atoms with Gasteiger partial charge in [0.2, 0.25) is 0 Å². The van der Waals surface area contributed by atoms with Crippen LogP contribution in [-0.2, 0) is 13.5 Å². The Morgan fingerprint density at radius 2 is 2.06 bits per heavy atom. The fourth-order valence-corrected chi connectivity index (χ4v) is 2.11. The topological polar surface area (TPSA) is 17.8 Å². The van der Waals surface area contributed by atoms with Gasteiger partial charge in [-0.05, 0) is 37.3 Å². The van der Waals surface area contributed by atoms with Gasteiger partial charge < -0.3 is 4.57 Å². The number of aryl methyl sites for hydroxylation is 3. The van der Waals surface area contributed by atoms with Gasteiger partial charge in [0.05, 0.1) is 11.0 Å². The quantitative estimate of drug-likeness (QED) is 0.768. The summed E-state index contributed by atoms with van der Waals surface area (Å²) < 4.78 is 2.20. The molecule has 1 aromatic heterocycles. The van der Waals surface area contributed by atoms with Crippen molar-refractivity contribution < 1.29 is 0 Å². The largest absolute Gasteiger partial charge is 0.331 e. The van der Waals surface area contributed by atoms with Gasteiger partial charge in [-0.15, -0.1) is 0 Å². The van der Waals surface area contributed by atoms with E-state index in [4.69, 9.17) is 0 Å². The Kier molecular flexibility index (Phi) is 2.99. The monoisotopic (exact) mass is 216 g/mol. The maximum absolute atomic E-state index is 4.56. The van der Waals surface area contributed by atoms with Crippen LogP contribution >= 0.6 is 0 Å². The SMILES string of the molecule is Cc1nc2cccc(CCC(C)C)c2n1C. The molecule has 2 heteroatoms. The maximum atomic E-state index is 4.56. The second-order valence-corrected chi connectivity index (χ2v) is 4.94. The van der Waals surface area contributed by atoms with E-state index in [2.05, 4.69) is 55.6 Å². The minimum atomic E-state index is 0.754. The van der Waals surface area contributed by atoms with E-state index in [0.29, 0.717) is 0 Å². The van der Waals surface area contributed by atoms with Crippen LogP contribution in [0.3, 0.4) is 0 Å². The van der Waals surface area contributed by atoms with Crippen molar-refractivity contribution in [3.05, 3.63) is 29.6 Å². The fraction of sp³-hybridized carbons (Fsp3) is 0.500. The number of aromatic nitrogens is 2. The number of benzene rings is 1. The normalized spacial score (nSPS) is 11.6. The van der Waals surface area contributed by atoms with Crippen LogP contribution in [0.4, 0.5) is 0 Å². The molecule has 16 heavy (non-hydrogen) atoms. The summed E-state index contributed by atoms with van der Waals surface area (Å²) in [5.41, 5.74) is 3.86. The van der Waals surface area contributed by atoms with Crippen molar-refractivity contribution in [2.45, 2.75) is 33.6 Å². The third-order valence-corrected chi connectivity index (χ3v) is 3.19. The number of imidazole rings is 1. The lowest BCUT2D eigenvalue weighted by molar-refractivity contribution is 0.587. The summed E-state index contributed by atoms with van der Waals surface area (Å²) in [5, 5.41) is 0. The average Bonchev–Trinajstić information content (AvgIpc) is 2.52. The molecule has 2 nitrogen and oxygen atoms in total. The lowest BCUT2D eigenvalue weighted by Crippen LogP contribution is -1.97. The van der Waals surface area contributed by atoms with E-state index in [1.54, 1.807) is 0 Å². The zero-order valence-electron chi connectivity index (χ0n) is 10.6. The van der Waals surface area contributed by atoms with Gasteiger partial charge in [-0.2, -0.15) is 0 Å². The van der Waals surface area contributed by atoms with Crippen LogP contribution in [0.5, 0.6) is 0 Å². The molecule has 0 saturated carbocycles. The van der Waals surface area contributed by atoms with Crippen LogP contribution in [0.1, 0.15) is 31.7 Å². The molecule has 0 saturated heterocycles. The first kappa shape index (κ1) is 11.2. The first-order valence-corrected chi connectivity index (χ1v) is 6.00. The molecule has 0 aliphatic heterocycles. The minimum Gasteiger partial charge on any atom is -0.331 e. The van der Waals surface area contributed by atoms with Crippen molar-refractivity contribution in [1.82, 2.24) is 9.55 Å². The van der Waals surface area contributed by atoms with E-state index >= 15 is 0 Å². The molecule has 0 aliphatic carbocycles.